The average Bonchev–Trinajstić information content (AvgIpc) is 2.30. The van der Waals surface area contributed by atoms with Crippen LogP contribution in [0.1, 0.15) is 12.0 Å². The second-order valence-electron chi connectivity index (χ2n) is 3.97. The van der Waals surface area contributed by atoms with Crippen LogP contribution in [-0.2, 0) is 4.74 Å². The van der Waals surface area contributed by atoms with Crippen LogP contribution in [0.5, 0.6) is 0 Å². The van der Waals surface area contributed by atoms with Crippen molar-refractivity contribution in [2.75, 3.05) is 18.0 Å². The van der Waals surface area contributed by atoms with Crippen molar-refractivity contribution < 1.29 is 9.53 Å². The van der Waals surface area contributed by atoms with E-state index in [4.69, 9.17) is 10.5 Å². The lowest BCUT2D eigenvalue weighted by molar-refractivity contribution is 0.0887. The molecule has 0 aliphatic carbocycles. The largest absolute Gasteiger partial charge is 0.444 e. The Hall–Kier alpha value is -1.55. The molecular formula is C12H16N2O2. The van der Waals surface area contributed by atoms with Gasteiger partial charge < -0.3 is 10.5 Å². The van der Waals surface area contributed by atoms with Gasteiger partial charge >= 0.3 is 6.09 Å². The van der Waals surface area contributed by atoms with Crippen molar-refractivity contribution in [3.8, 4) is 0 Å². The van der Waals surface area contributed by atoms with E-state index in [0.717, 1.165) is 17.7 Å². The zero-order valence-corrected chi connectivity index (χ0v) is 9.35. The van der Waals surface area contributed by atoms with E-state index in [9.17, 15) is 4.79 Å². The summed E-state index contributed by atoms with van der Waals surface area (Å²) >= 11 is 0. The number of benzene rings is 1. The van der Waals surface area contributed by atoms with Gasteiger partial charge in [-0.25, -0.2) is 4.79 Å². The molecule has 1 aromatic rings. The SMILES string of the molecule is Cc1ccccc1N1CCC(CN)OC1=O. The lowest BCUT2D eigenvalue weighted by atomic mass is 10.1. The Bertz CT molecular complexity index is 392. The first-order valence-electron chi connectivity index (χ1n) is 5.46. The molecular weight excluding hydrogens is 204 g/mol. The summed E-state index contributed by atoms with van der Waals surface area (Å²) in [6.45, 7) is 3.05. The minimum atomic E-state index is -0.295. The van der Waals surface area contributed by atoms with E-state index in [0.29, 0.717) is 13.1 Å². The second-order valence-corrected chi connectivity index (χ2v) is 3.97. The molecule has 1 aliphatic rings. The molecule has 0 saturated carbocycles. The molecule has 0 aromatic heterocycles. The Kier molecular flexibility index (Phi) is 3.10. The van der Waals surface area contributed by atoms with Crippen LogP contribution in [0, 0.1) is 6.92 Å². The zero-order chi connectivity index (χ0) is 11.5. The van der Waals surface area contributed by atoms with Crippen LogP contribution in [-0.4, -0.2) is 25.3 Å². The number of cyclic esters (lactones) is 1. The van der Waals surface area contributed by atoms with E-state index < -0.39 is 0 Å². The van der Waals surface area contributed by atoms with Crippen molar-refractivity contribution in [3.63, 3.8) is 0 Å². The molecule has 0 bridgehead atoms. The van der Waals surface area contributed by atoms with E-state index in [1.807, 2.05) is 31.2 Å². The highest BCUT2D eigenvalue weighted by atomic mass is 16.6. The summed E-state index contributed by atoms with van der Waals surface area (Å²) < 4.78 is 5.22. The highest BCUT2D eigenvalue weighted by Crippen LogP contribution is 2.23. The number of hydrogen-bond acceptors (Lipinski definition) is 3. The molecule has 2 rings (SSSR count). The average molecular weight is 220 g/mol. The lowest BCUT2D eigenvalue weighted by Crippen LogP contribution is -2.44. The van der Waals surface area contributed by atoms with Crippen LogP contribution in [0.4, 0.5) is 10.5 Å². The van der Waals surface area contributed by atoms with Crippen molar-refractivity contribution in [1.82, 2.24) is 0 Å². The fraction of sp³-hybridized carbons (Fsp3) is 0.417. The number of amides is 1. The van der Waals surface area contributed by atoms with Crippen LogP contribution in [0.3, 0.4) is 0 Å². The van der Waals surface area contributed by atoms with Crippen LogP contribution in [0.15, 0.2) is 24.3 Å². The van der Waals surface area contributed by atoms with E-state index in [-0.39, 0.29) is 12.2 Å². The topological polar surface area (TPSA) is 55.6 Å². The quantitative estimate of drug-likeness (QED) is 0.824. The Balaban J connectivity index is 2.18. The van der Waals surface area contributed by atoms with E-state index in [1.165, 1.54) is 0 Å². The number of hydrogen-bond donors (Lipinski definition) is 1. The van der Waals surface area contributed by atoms with Crippen LogP contribution >= 0.6 is 0 Å². The molecule has 1 heterocycles. The van der Waals surface area contributed by atoms with Gasteiger partial charge in [-0.3, -0.25) is 4.90 Å². The molecule has 1 unspecified atom stereocenters. The molecule has 0 spiro atoms. The number of ether oxygens (including phenoxy) is 1. The Morgan fingerprint density at radius 2 is 2.25 bits per heavy atom. The molecule has 1 atom stereocenters. The summed E-state index contributed by atoms with van der Waals surface area (Å²) in [7, 11) is 0. The maximum Gasteiger partial charge on any atom is 0.414 e. The van der Waals surface area contributed by atoms with Crippen molar-refractivity contribution in [2.24, 2.45) is 5.73 Å². The minimum Gasteiger partial charge on any atom is -0.444 e. The summed E-state index contributed by atoms with van der Waals surface area (Å²) in [5.74, 6) is 0. The van der Waals surface area contributed by atoms with E-state index in [1.54, 1.807) is 4.90 Å². The molecule has 16 heavy (non-hydrogen) atoms. The first-order chi connectivity index (χ1) is 7.72. The number of aryl methyl sites for hydroxylation is 1. The summed E-state index contributed by atoms with van der Waals surface area (Å²) in [6.07, 6.45) is 0.361. The summed E-state index contributed by atoms with van der Waals surface area (Å²) in [5, 5.41) is 0. The van der Waals surface area contributed by atoms with Crippen molar-refractivity contribution in [3.05, 3.63) is 29.8 Å². The third-order valence-corrected chi connectivity index (χ3v) is 2.83. The smallest absolute Gasteiger partial charge is 0.414 e. The highest BCUT2D eigenvalue weighted by molar-refractivity contribution is 5.89. The van der Waals surface area contributed by atoms with Gasteiger partial charge in [0.1, 0.15) is 6.10 Å². The number of nitrogens with zero attached hydrogens (tertiary/aromatic N) is 1. The molecule has 86 valence electrons. The third-order valence-electron chi connectivity index (χ3n) is 2.83. The fourth-order valence-corrected chi connectivity index (χ4v) is 1.88. The number of anilines is 1. The van der Waals surface area contributed by atoms with Gasteiger partial charge in [-0.1, -0.05) is 18.2 Å². The first kappa shape index (κ1) is 11.0. The van der Waals surface area contributed by atoms with Gasteiger partial charge in [0.25, 0.3) is 0 Å². The highest BCUT2D eigenvalue weighted by Gasteiger charge is 2.27. The van der Waals surface area contributed by atoms with Crippen molar-refractivity contribution in [2.45, 2.75) is 19.4 Å². The van der Waals surface area contributed by atoms with Gasteiger partial charge in [0.05, 0.1) is 0 Å². The molecule has 4 heteroatoms. The Morgan fingerprint density at radius 3 is 2.88 bits per heavy atom. The van der Waals surface area contributed by atoms with Crippen LogP contribution in [0.25, 0.3) is 0 Å². The molecule has 1 aliphatic heterocycles. The molecule has 1 amide bonds. The number of carbonyl (C=O) groups excluding carboxylic acids is 1. The number of rotatable bonds is 2. The summed E-state index contributed by atoms with van der Waals surface area (Å²) in [5.41, 5.74) is 7.48. The van der Waals surface area contributed by atoms with Crippen molar-refractivity contribution >= 4 is 11.8 Å². The third kappa shape index (κ3) is 2.02. The fourth-order valence-electron chi connectivity index (χ4n) is 1.88. The predicted molar refractivity (Wildman–Crippen MR) is 62.5 cm³/mol. The number of carbonyl (C=O) groups is 1. The molecule has 2 N–H and O–H groups in total. The van der Waals surface area contributed by atoms with Gasteiger partial charge in [-0.2, -0.15) is 0 Å². The lowest BCUT2D eigenvalue weighted by Gasteiger charge is -2.31. The maximum absolute atomic E-state index is 11.8. The van der Waals surface area contributed by atoms with Gasteiger partial charge in [0.15, 0.2) is 0 Å². The summed E-state index contributed by atoms with van der Waals surface area (Å²) in [4.78, 5) is 13.4. The molecule has 1 saturated heterocycles. The van der Waals surface area contributed by atoms with Crippen LogP contribution < -0.4 is 10.6 Å². The van der Waals surface area contributed by atoms with E-state index in [2.05, 4.69) is 0 Å². The monoisotopic (exact) mass is 220 g/mol. The second kappa shape index (κ2) is 4.53. The van der Waals surface area contributed by atoms with Gasteiger partial charge in [0.2, 0.25) is 0 Å². The van der Waals surface area contributed by atoms with Crippen molar-refractivity contribution in [1.29, 1.82) is 0 Å². The maximum atomic E-state index is 11.8. The number of para-hydroxylation sites is 1. The predicted octanol–water partition coefficient (Wildman–Crippen LogP) is 1.67. The molecule has 1 fully saturated rings. The van der Waals surface area contributed by atoms with Gasteiger partial charge in [0, 0.05) is 25.2 Å². The van der Waals surface area contributed by atoms with Gasteiger partial charge in [-0.15, -0.1) is 0 Å². The zero-order valence-electron chi connectivity index (χ0n) is 9.35. The minimum absolute atomic E-state index is 0.132. The number of nitrogens with two attached hydrogens (primary N) is 1. The van der Waals surface area contributed by atoms with Gasteiger partial charge in [-0.05, 0) is 18.6 Å². The van der Waals surface area contributed by atoms with E-state index >= 15 is 0 Å². The summed E-state index contributed by atoms with van der Waals surface area (Å²) in [6, 6.07) is 7.79. The Labute approximate surface area is 95.0 Å². The molecule has 1 aromatic carbocycles. The van der Waals surface area contributed by atoms with Crippen LogP contribution in [0.2, 0.25) is 0 Å². The standard InChI is InChI=1S/C12H16N2O2/c1-9-4-2-3-5-11(9)14-7-6-10(8-13)16-12(14)15/h2-5,10H,6-8,13H2,1H3. The first-order valence-corrected chi connectivity index (χ1v) is 5.46. The molecule has 0 radical (unpaired) electrons. The molecule has 4 nitrogen and oxygen atoms in total. The Morgan fingerprint density at radius 1 is 1.50 bits per heavy atom. The normalized spacial score (nSPS) is 20.8.